The molecule has 2 aromatic carbocycles. The van der Waals surface area contributed by atoms with Gasteiger partial charge in [0.15, 0.2) is 5.65 Å². The molecule has 2 aliphatic heterocycles. The normalized spacial score (nSPS) is 22.0. The highest BCUT2D eigenvalue weighted by Gasteiger charge is 2.37. The molecule has 134 valence electrons. The Kier molecular flexibility index (Phi) is 3.22. The van der Waals surface area contributed by atoms with Crippen molar-refractivity contribution in [2.75, 3.05) is 31.1 Å². The molecule has 6 heteroatoms. The van der Waals surface area contributed by atoms with E-state index in [1.807, 2.05) is 0 Å². The molecule has 2 aromatic heterocycles. The van der Waals surface area contributed by atoms with Gasteiger partial charge in [0.25, 0.3) is 0 Å². The van der Waals surface area contributed by atoms with Crippen LogP contribution in [0.25, 0.3) is 33.2 Å². The van der Waals surface area contributed by atoms with E-state index >= 15 is 0 Å². The van der Waals surface area contributed by atoms with Crippen LogP contribution >= 0.6 is 0 Å². The zero-order chi connectivity index (χ0) is 17.8. The second-order valence-corrected chi connectivity index (χ2v) is 7.62. The number of aromatic amines is 1. The molecule has 0 spiro atoms. The molecule has 0 amide bonds. The van der Waals surface area contributed by atoms with Gasteiger partial charge in [-0.1, -0.05) is 36.4 Å². The Labute approximate surface area is 156 Å². The first-order valence-corrected chi connectivity index (χ1v) is 9.51. The third-order valence-electron chi connectivity index (χ3n) is 5.97. The quantitative estimate of drug-likeness (QED) is 0.578. The van der Waals surface area contributed by atoms with Gasteiger partial charge in [-0.15, -0.1) is 0 Å². The van der Waals surface area contributed by atoms with Gasteiger partial charge in [-0.25, -0.2) is 9.97 Å². The Morgan fingerprint density at radius 2 is 1.74 bits per heavy atom. The molecule has 2 unspecified atom stereocenters. The summed E-state index contributed by atoms with van der Waals surface area (Å²) in [5.41, 5.74) is 3.65. The van der Waals surface area contributed by atoms with Crippen LogP contribution in [0.3, 0.4) is 0 Å². The minimum absolute atomic E-state index is 0.701. The topological polar surface area (TPSA) is 69.7 Å². The molecule has 4 aromatic rings. The summed E-state index contributed by atoms with van der Waals surface area (Å²) >= 11 is 0. The number of H-pyrrole nitrogens is 1. The Morgan fingerprint density at radius 1 is 0.926 bits per heavy atom. The first-order valence-electron chi connectivity index (χ1n) is 9.51. The van der Waals surface area contributed by atoms with Crippen LogP contribution in [0, 0.1) is 11.8 Å². The number of benzene rings is 2. The van der Waals surface area contributed by atoms with E-state index in [1.165, 1.54) is 10.8 Å². The SMILES string of the molecule is c1ccc2cc(-c3nc(N4CC5CNCC5C4)nc4nc[nH]c34)ccc2c1. The summed E-state index contributed by atoms with van der Waals surface area (Å²) in [5, 5.41) is 5.94. The van der Waals surface area contributed by atoms with E-state index in [0.29, 0.717) is 11.8 Å². The summed E-state index contributed by atoms with van der Waals surface area (Å²) in [7, 11) is 0. The first-order chi connectivity index (χ1) is 13.3. The van der Waals surface area contributed by atoms with Crippen molar-refractivity contribution in [1.82, 2.24) is 25.3 Å². The van der Waals surface area contributed by atoms with Crippen molar-refractivity contribution >= 4 is 27.9 Å². The molecule has 0 bridgehead atoms. The third kappa shape index (κ3) is 2.40. The minimum Gasteiger partial charge on any atom is -0.341 e. The van der Waals surface area contributed by atoms with Gasteiger partial charge in [0.2, 0.25) is 5.95 Å². The van der Waals surface area contributed by atoms with Crippen molar-refractivity contribution in [2.45, 2.75) is 0 Å². The van der Waals surface area contributed by atoms with Crippen LogP contribution < -0.4 is 10.2 Å². The molecule has 6 rings (SSSR count). The number of hydrogen-bond acceptors (Lipinski definition) is 5. The van der Waals surface area contributed by atoms with Crippen molar-refractivity contribution in [1.29, 1.82) is 0 Å². The van der Waals surface area contributed by atoms with Gasteiger partial charge in [0.1, 0.15) is 11.2 Å². The lowest BCUT2D eigenvalue weighted by Gasteiger charge is -2.18. The average molecular weight is 356 g/mol. The zero-order valence-corrected chi connectivity index (χ0v) is 14.9. The predicted octanol–water partition coefficient (Wildman–Crippen LogP) is 2.83. The molecule has 6 nitrogen and oxygen atoms in total. The lowest BCUT2D eigenvalue weighted by atomic mass is 10.0. The summed E-state index contributed by atoms with van der Waals surface area (Å²) in [6.45, 7) is 4.24. The predicted molar refractivity (Wildman–Crippen MR) is 107 cm³/mol. The average Bonchev–Trinajstić information content (AvgIpc) is 3.42. The second-order valence-electron chi connectivity index (χ2n) is 7.62. The fourth-order valence-corrected chi connectivity index (χ4v) is 4.53. The van der Waals surface area contributed by atoms with Crippen LogP contribution in [0.15, 0.2) is 48.8 Å². The van der Waals surface area contributed by atoms with Crippen molar-refractivity contribution in [3.63, 3.8) is 0 Å². The molecule has 2 fully saturated rings. The molecule has 2 atom stereocenters. The van der Waals surface area contributed by atoms with E-state index in [0.717, 1.165) is 54.5 Å². The van der Waals surface area contributed by atoms with Gasteiger partial charge in [-0.2, -0.15) is 4.98 Å². The molecule has 0 aliphatic carbocycles. The van der Waals surface area contributed by atoms with Crippen molar-refractivity contribution in [2.24, 2.45) is 11.8 Å². The molecular weight excluding hydrogens is 336 g/mol. The number of aromatic nitrogens is 4. The first kappa shape index (κ1) is 15.1. The van der Waals surface area contributed by atoms with E-state index in [9.17, 15) is 0 Å². The Morgan fingerprint density at radius 3 is 2.59 bits per heavy atom. The van der Waals surface area contributed by atoms with Gasteiger partial charge in [0, 0.05) is 31.7 Å². The molecule has 2 saturated heterocycles. The lowest BCUT2D eigenvalue weighted by Crippen LogP contribution is -2.27. The van der Waals surface area contributed by atoms with E-state index in [-0.39, 0.29) is 0 Å². The van der Waals surface area contributed by atoms with Crippen LogP contribution in [-0.4, -0.2) is 46.1 Å². The molecule has 27 heavy (non-hydrogen) atoms. The number of hydrogen-bond donors (Lipinski definition) is 2. The van der Waals surface area contributed by atoms with Gasteiger partial charge >= 0.3 is 0 Å². The zero-order valence-electron chi connectivity index (χ0n) is 14.9. The van der Waals surface area contributed by atoms with Crippen molar-refractivity contribution in [3.8, 4) is 11.3 Å². The summed E-state index contributed by atoms with van der Waals surface area (Å²) < 4.78 is 0. The third-order valence-corrected chi connectivity index (χ3v) is 5.97. The highest BCUT2D eigenvalue weighted by atomic mass is 15.3. The summed E-state index contributed by atoms with van der Waals surface area (Å²) in [4.78, 5) is 19.7. The van der Waals surface area contributed by atoms with Crippen LogP contribution in [-0.2, 0) is 0 Å². The van der Waals surface area contributed by atoms with Gasteiger partial charge in [0.05, 0.1) is 6.33 Å². The van der Waals surface area contributed by atoms with Crippen molar-refractivity contribution in [3.05, 3.63) is 48.8 Å². The van der Waals surface area contributed by atoms with E-state index in [1.54, 1.807) is 6.33 Å². The van der Waals surface area contributed by atoms with Crippen LogP contribution in [0.5, 0.6) is 0 Å². The summed E-state index contributed by atoms with van der Waals surface area (Å²) in [5.74, 6) is 2.20. The molecule has 4 heterocycles. The van der Waals surface area contributed by atoms with Gasteiger partial charge < -0.3 is 15.2 Å². The fraction of sp³-hybridized carbons (Fsp3) is 0.286. The largest absolute Gasteiger partial charge is 0.341 e. The van der Waals surface area contributed by atoms with Crippen LogP contribution in [0.2, 0.25) is 0 Å². The maximum Gasteiger partial charge on any atom is 0.228 e. The summed E-state index contributed by atoms with van der Waals surface area (Å²) in [6, 6.07) is 14.9. The Bertz CT molecular complexity index is 1140. The Balaban J connectivity index is 1.48. The van der Waals surface area contributed by atoms with Gasteiger partial charge in [-0.3, -0.25) is 0 Å². The smallest absolute Gasteiger partial charge is 0.228 e. The molecule has 2 aliphatic rings. The molecule has 0 saturated carbocycles. The molecule has 0 radical (unpaired) electrons. The van der Waals surface area contributed by atoms with Crippen LogP contribution in [0.1, 0.15) is 0 Å². The van der Waals surface area contributed by atoms with E-state index in [4.69, 9.17) is 9.97 Å². The number of nitrogens with zero attached hydrogens (tertiary/aromatic N) is 4. The van der Waals surface area contributed by atoms with Crippen LogP contribution in [0.4, 0.5) is 5.95 Å². The lowest BCUT2D eigenvalue weighted by molar-refractivity contribution is 0.533. The monoisotopic (exact) mass is 356 g/mol. The fourth-order valence-electron chi connectivity index (χ4n) is 4.53. The second kappa shape index (κ2) is 5.76. The number of rotatable bonds is 2. The number of anilines is 1. The van der Waals surface area contributed by atoms with Gasteiger partial charge in [-0.05, 0) is 28.7 Å². The Hall–Kier alpha value is -2.99. The highest BCUT2D eigenvalue weighted by Crippen LogP contribution is 2.32. The standard InChI is InChI=1S/C21H20N6/c1-2-4-14-7-15(6-5-13(14)3-1)18-19-20(24-12-23-19)26-21(25-18)27-10-16-8-22-9-17(16)11-27/h1-7,12,16-17,22H,8-11H2,(H,23,24,25,26). The van der Waals surface area contributed by atoms with Crippen molar-refractivity contribution < 1.29 is 0 Å². The van der Waals surface area contributed by atoms with E-state index < -0.39 is 0 Å². The summed E-state index contributed by atoms with van der Waals surface area (Å²) in [6.07, 6.45) is 1.70. The molecule has 2 N–H and O–H groups in total. The number of nitrogens with one attached hydrogen (secondary N) is 2. The van der Waals surface area contributed by atoms with E-state index in [2.05, 4.69) is 62.6 Å². The minimum atomic E-state index is 0.701. The highest BCUT2D eigenvalue weighted by molar-refractivity contribution is 5.93. The number of imidazole rings is 1. The number of fused-ring (bicyclic) bond motifs is 3. The maximum atomic E-state index is 4.98. The maximum absolute atomic E-state index is 4.98. The molecular formula is C21H20N6.